The summed E-state index contributed by atoms with van der Waals surface area (Å²) in [6, 6.07) is 10.9. The Hall–Kier alpha value is -1.38. The van der Waals surface area contributed by atoms with E-state index in [-0.39, 0.29) is 0 Å². The van der Waals surface area contributed by atoms with Crippen molar-refractivity contribution in [2.75, 3.05) is 4.90 Å². The van der Waals surface area contributed by atoms with Gasteiger partial charge in [-0.05, 0) is 73.8 Å². The summed E-state index contributed by atoms with van der Waals surface area (Å²) in [6.07, 6.45) is 18.2. The third-order valence-electron chi connectivity index (χ3n) is 9.72. The van der Waals surface area contributed by atoms with Crippen LogP contribution in [-0.2, 0) is 4.74 Å². The van der Waals surface area contributed by atoms with Crippen molar-refractivity contribution in [3.8, 4) is 0 Å². The Bertz CT molecular complexity index is 864. The lowest BCUT2D eigenvalue weighted by Crippen LogP contribution is -2.59. The van der Waals surface area contributed by atoms with Gasteiger partial charge in [0.2, 0.25) is 0 Å². The van der Waals surface area contributed by atoms with Crippen LogP contribution in [-0.4, -0.2) is 24.9 Å². The van der Waals surface area contributed by atoms with E-state index in [0.29, 0.717) is 24.9 Å². The normalized spacial score (nSPS) is 33.8. The highest BCUT2D eigenvalue weighted by Gasteiger charge is 2.60. The van der Waals surface area contributed by atoms with Crippen molar-refractivity contribution < 1.29 is 4.74 Å². The second-order valence-electron chi connectivity index (χ2n) is 11.4. The van der Waals surface area contributed by atoms with Crippen LogP contribution in [0.2, 0.25) is 5.82 Å². The van der Waals surface area contributed by atoms with Gasteiger partial charge in [-0.2, -0.15) is 0 Å². The molecule has 2 fully saturated rings. The average molecular weight is 431 g/mol. The first kappa shape index (κ1) is 21.2. The van der Waals surface area contributed by atoms with Crippen molar-refractivity contribution in [3.05, 3.63) is 35.5 Å². The predicted molar refractivity (Wildman–Crippen MR) is 136 cm³/mol. The molecule has 1 aromatic rings. The van der Waals surface area contributed by atoms with E-state index in [2.05, 4.69) is 43.0 Å². The van der Waals surface area contributed by atoms with Crippen LogP contribution in [0.25, 0.3) is 0 Å². The van der Waals surface area contributed by atoms with Gasteiger partial charge in [0.05, 0.1) is 5.66 Å². The molecule has 2 aliphatic carbocycles. The summed E-state index contributed by atoms with van der Waals surface area (Å²) >= 11 is 0. The van der Waals surface area contributed by atoms with Gasteiger partial charge in [0.15, 0.2) is 0 Å². The summed E-state index contributed by atoms with van der Waals surface area (Å²) in [6.45, 7) is 5.27. The van der Waals surface area contributed by atoms with Crippen molar-refractivity contribution in [1.29, 1.82) is 0 Å². The minimum atomic E-state index is 0.499. The Morgan fingerprint density at radius 3 is 2.56 bits per heavy atom. The number of anilines is 1. The molecule has 2 nitrogen and oxygen atoms in total. The molecule has 0 spiro atoms. The van der Waals surface area contributed by atoms with Gasteiger partial charge >= 0.3 is 0 Å². The predicted octanol–water partition coefficient (Wildman–Crippen LogP) is 6.89. The molecule has 3 heterocycles. The molecule has 3 aliphatic heterocycles. The van der Waals surface area contributed by atoms with Crippen LogP contribution >= 0.6 is 0 Å². The van der Waals surface area contributed by atoms with E-state index in [4.69, 9.17) is 4.74 Å². The average Bonchev–Trinajstić information content (AvgIpc) is 3.26. The summed E-state index contributed by atoms with van der Waals surface area (Å²) in [4.78, 5) is 2.98. The van der Waals surface area contributed by atoms with E-state index in [0.717, 1.165) is 17.7 Å². The number of hydrogen-bond donors (Lipinski definition) is 0. The van der Waals surface area contributed by atoms with Crippen LogP contribution in [0.15, 0.2) is 35.5 Å². The summed E-state index contributed by atoms with van der Waals surface area (Å²) in [7, 11) is 0. The number of rotatable bonds is 6. The summed E-state index contributed by atoms with van der Waals surface area (Å²) < 4.78 is 6.93. The standard InChI is InChI=1S/C29H42BNO/c1-3-5-13-20(12-4-2)31-24-17-10-8-16-23(24)30-28-22(15-6-9-18-25(28)31)27-21-14-7-11-19-26(21)32-29(27)30/h8,10,16-17,20-22,25-26,28H,3-7,9,11-15,18-19H2,1-2H3. The first-order chi connectivity index (χ1) is 15.8. The third-order valence-corrected chi connectivity index (χ3v) is 9.72. The number of para-hydroxylation sites is 1. The fourth-order valence-corrected chi connectivity index (χ4v) is 8.58. The highest BCUT2D eigenvalue weighted by Crippen LogP contribution is 2.59. The van der Waals surface area contributed by atoms with Gasteiger partial charge < -0.3 is 9.64 Å². The van der Waals surface area contributed by atoms with Crippen LogP contribution in [0.3, 0.4) is 0 Å². The van der Waals surface area contributed by atoms with Crippen LogP contribution in [0.1, 0.15) is 97.3 Å². The third kappa shape index (κ3) is 3.20. The molecular formula is C29H42BNO. The molecule has 0 radical (unpaired) electrons. The van der Waals surface area contributed by atoms with Crippen molar-refractivity contribution in [1.82, 2.24) is 0 Å². The number of unbranched alkanes of at least 4 members (excludes halogenated alkanes) is 1. The minimum absolute atomic E-state index is 0.499. The SMILES string of the molecule is CCCCC(CCC)N1c2ccccc2B2C3=C(C4CCCCC4O3)C3CCCCC1C23. The van der Waals surface area contributed by atoms with E-state index in [9.17, 15) is 0 Å². The number of fused-ring (bicyclic) bond motifs is 6. The van der Waals surface area contributed by atoms with E-state index in [1.807, 2.05) is 5.57 Å². The van der Waals surface area contributed by atoms with E-state index in [1.54, 1.807) is 11.2 Å². The van der Waals surface area contributed by atoms with E-state index in [1.165, 1.54) is 89.1 Å². The number of hydrogen-bond acceptors (Lipinski definition) is 2. The molecule has 6 rings (SSSR count). The maximum absolute atomic E-state index is 6.93. The molecule has 5 aliphatic rings. The summed E-state index contributed by atoms with van der Waals surface area (Å²) in [5.41, 5.74) is 6.44. The highest BCUT2D eigenvalue weighted by molar-refractivity contribution is 6.83. The highest BCUT2D eigenvalue weighted by atomic mass is 16.5. The van der Waals surface area contributed by atoms with Crippen LogP contribution in [0.4, 0.5) is 5.69 Å². The molecule has 0 amide bonds. The monoisotopic (exact) mass is 431 g/mol. The summed E-state index contributed by atoms with van der Waals surface area (Å²) in [5, 5.41) is 0. The molecule has 172 valence electrons. The lowest BCUT2D eigenvalue weighted by molar-refractivity contribution is 0.0879. The van der Waals surface area contributed by atoms with Crippen LogP contribution in [0, 0.1) is 11.8 Å². The smallest absolute Gasteiger partial charge is 0.262 e. The fraction of sp³-hybridized carbons (Fsp3) is 0.724. The Morgan fingerprint density at radius 2 is 1.72 bits per heavy atom. The maximum atomic E-state index is 6.93. The Kier molecular flexibility index (Phi) is 5.80. The molecule has 6 unspecified atom stereocenters. The van der Waals surface area contributed by atoms with Gasteiger partial charge in [-0.3, -0.25) is 0 Å². The number of nitrogens with zero attached hydrogens (tertiary/aromatic N) is 1. The number of benzene rings is 1. The zero-order chi connectivity index (χ0) is 21.7. The lowest BCUT2D eigenvalue weighted by atomic mass is 9.33. The van der Waals surface area contributed by atoms with Gasteiger partial charge in [-0.25, -0.2) is 0 Å². The maximum Gasteiger partial charge on any atom is 0.262 e. The van der Waals surface area contributed by atoms with Crippen molar-refractivity contribution in [2.24, 2.45) is 11.8 Å². The minimum Gasteiger partial charge on any atom is -0.504 e. The van der Waals surface area contributed by atoms with Gasteiger partial charge in [-0.15, -0.1) is 0 Å². The fourth-order valence-electron chi connectivity index (χ4n) is 8.58. The van der Waals surface area contributed by atoms with Gasteiger partial charge in [0.25, 0.3) is 6.71 Å². The molecule has 0 aromatic heterocycles. The van der Waals surface area contributed by atoms with Crippen LogP contribution in [0.5, 0.6) is 0 Å². The number of ether oxygens (including phenoxy) is 1. The second kappa shape index (κ2) is 8.77. The second-order valence-corrected chi connectivity index (χ2v) is 11.4. The van der Waals surface area contributed by atoms with Gasteiger partial charge in [0.1, 0.15) is 6.10 Å². The van der Waals surface area contributed by atoms with Crippen molar-refractivity contribution >= 4 is 17.9 Å². The Morgan fingerprint density at radius 1 is 0.938 bits per heavy atom. The molecule has 6 atom stereocenters. The summed E-state index contributed by atoms with van der Waals surface area (Å²) in [5.74, 6) is 2.27. The molecule has 32 heavy (non-hydrogen) atoms. The molecule has 1 aromatic carbocycles. The molecule has 0 saturated heterocycles. The first-order valence-electron chi connectivity index (χ1n) is 14.1. The Labute approximate surface area is 196 Å². The van der Waals surface area contributed by atoms with E-state index >= 15 is 0 Å². The Balaban J connectivity index is 1.46. The quantitative estimate of drug-likeness (QED) is 0.455. The van der Waals surface area contributed by atoms with Crippen molar-refractivity contribution in [3.63, 3.8) is 0 Å². The molecular weight excluding hydrogens is 389 g/mol. The molecule has 2 saturated carbocycles. The topological polar surface area (TPSA) is 12.5 Å². The molecule has 0 N–H and O–H groups in total. The van der Waals surface area contributed by atoms with E-state index < -0.39 is 0 Å². The first-order valence-corrected chi connectivity index (χ1v) is 14.1. The van der Waals surface area contributed by atoms with Gasteiger partial charge in [0, 0.05) is 23.7 Å². The van der Waals surface area contributed by atoms with Gasteiger partial charge in [-0.1, -0.05) is 70.6 Å². The lowest BCUT2D eigenvalue weighted by Gasteiger charge is -2.50. The molecule has 0 bridgehead atoms. The molecule has 3 heteroatoms. The van der Waals surface area contributed by atoms with Crippen LogP contribution < -0.4 is 10.4 Å². The van der Waals surface area contributed by atoms with Crippen molar-refractivity contribution in [2.45, 2.75) is 121 Å². The largest absolute Gasteiger partial charge is 0.504 e. The zero-order valence-corrected chi connectivity index (χ0v) is 20.4. The zero-order valence-electron chi connectivity index (χ0n) is 20.4.